The van der Waals surface area contributed by atoms with Crippen LogP contribution in [0.3, 0.4) is 0 Å². The molecule has 3 aromatic carbocycles. The number of para-hydroxylation sites is 3. The number of methoxy groups -OCH3 is 1. The molecule has 1 aliphatic rings. The zero-order valence-corrected chi connectivity index (χ0v) is 27.0. The molecule has 238 valence electrons. The lowest BCUT2D eigenvalue weighted by molar-refractivity contribution is -0.113. The number of rotatable bonds is 11. The molecule has 1 fully saturated rings. The standard InChI is InChI=1S/C30H29N7O6S3/c1-42-24-8-4-3-7-23(24)37-26(34-35-30(37)44-19-27(38)33-29-32-22-6-2-5-9-25(22)45-29)18-31-28(39)20-10-12-21(13-11-20)46(40,41)36-14-16-43-17-15-36/h2-13H,14-19H2,1H3,(H,31,39)(H,32,33,38). The van der Waals surface area contributed by atoms with Crippen molar-refractivity contribution >= 4 is 60.3 Å². The summed E-state index contributed by atoms with van der Waals surface area (Å²) in [5.74, 6) is 0.308. The van der Waals surface area contributed by atoms with Crippen LogP contribution in [0.5, 0.6) is 5.75 Å². The van der Waals surface area contributed by atoms with Crippen LogP contribution in [-0.4, -0.2) is 83.5 Å². The van der Waals surface area contributed by atoms with Crippen molar-refractivity contribution in [3.63, 3.8) is 0 Å². The van der Waals surface area contributed by atoms with Crippen LogP contribution in [0.15, 0.2) is 82.8 Å². The third kappa shape index (κ3) is 6.90. The predicted molar refractivity (Wildman–Crippen MR) is 174 cm³/mol. The minimum atomic E-state index is -3.68. The van der Waals surface area contributed by atoms with Gasteiger partial charge in [-0.05, 0) is 48.5 Å². The lowest BCUT2D eigenvalue weighted by Crippen LogP contribution is -2.40. The van der Waals surface area contributed by atoms with Gasteiger partial charge in [0.25, 0.3) is 5.91 Å². The van der Waals surface area contributed by atoms with Gasteiger partial charge in [-0.3, -0.25) is 14.2 Å². The van der Waals surface area contributed by atoms with E-state index in [2.05, 4.69) is 25.8 Å². The molecule has 2 amide bonds. The van der Waals surface area contributed by atoms with E-state index < -0.39 is 15.9 Å². The van der Waals surface area contributed by atoms with Gasteiger partial charge >= 0.3 is 0 Å². The number of morpholine rings is 1. The number of fused-ring (bicyclic) bond motifs is 1. The predicted octanol–water partition coefficient (Wildman–Crippen LogP) is 3.57. The number of thioether (sulfide) groups is 1. The van der Waals surface area contributed by atoms with Crippen LogP contribution < -0.4 is 15.4 Å². The van der Waals surface area contributed by atoms with Gasteiger partial charge in [0.1, 0.15) is 5.75 Å². The maximum absolute atomic E-state index is 13.1. The first-order valence-electron chi connectivity index (χ1n) is 14.2. The number of hydrogen-bond donors (Lipinski definition) is 2. The molecule has 6 rings (SSSR count). The average molecular weight is 680 g/mol. The van der Waals surface area contributed by atoms with Gasteiger partial charge in [0.15, 0.2) is 16.1 Å². The Morgan fingerprint density at radius 2 is 1.74 bits per heavy atom. The number of hydrogen-bond acceptors (Lipinski definition) is 11. The van der Waals surface area contributed by atoms with E-state index >= 15 is 0 Å². The molecular weight excluding hydrogens is 651 g/mol. The normalized spacial score (nSPS) is 13.8. The first kappa shape index (κ1) is 31.6. The van der Waals surface area contributed by atoms with Crippen molar-refractivity contribution in [1.82, 2.24) is 29.4 Å². The van der Waals surface area contributed by atoms with Crippen molar-refractivity contribution in [2.45, 2.75) is 16.6 Å². The highest BCUT2D eigenvalue weighted by molar-refractivity contribution is 7.99. The summed E-state index contributed by atoms with van der Waals surface area (Å²) in [5, 5.41) is 15.2. The highest BCUT2D eigenvalue weighted by atomic mass is 32.2. The lowest BCUT2D eigenvalue weighted by atomic mass is 10.2. The zero-order chi connectivity index (χ0) is 32.1. The van der Waals surface area contributed by atoms with Crippen LogP contribution in [-0.2, 0) is 26.1 Å². The molecule has 0 atom stereocenters. The first-order chi connectivity index (χ1) is 22.3. The van der Waals surface area contributed by atoms with E-state index in [1.807, 2.05) is 42.5 Å². The lowest BCUT2D eigenvalue weighted by Gasteiger charge is -2.26. The number of carbonyl (C=O) groups excluding carboxylic acids is 2. The molecule has 1 saturated heterocycles. The maximum atomic E-state index is 13.1. The van der Waals surface area contributed by atoms with E-state index in [0.29, 0.717) is 40.8 Å². The fraction of sp³-hybridized carbons (Fsp3) is 0.233. The molecule has 0 radical (unpaired) electrons. The summed E-state index contributed by atoms with van der Waals surface area (Å²) in [6.07, 6.45) is 0. The number of anilines is 1. The average Bonchev–Trinajstić information content (AvgIpc) is 3.69. The Labute approximate surface area is 273 Å². The van der Waals surface area contributed by atoms with E-state index in [9.17, 15) is 18.0 Å². The number of nitrogens with one attached hydrogen (secondary N) is 2. The summed E-state index contributed by atoms with van der Waals surface area (Å²) in [7, 11) is -2.13. The maximum Gasteiger partial charge on any atom is 0.251 e. The monoisotopic (exact) mass is 679 g/mol. The highest BCUT2D eigenvalue weighted by Crippen LogP contribution is 2.30. The molecule has 0 unspecified atom stereocenters. The van der Waals surface area contributed by atoms with Crippen LogP contribution in [0.25, 0.3) is 15.9 Å². The molecule has 2 aromatic heterocycles. The number of aromatic nitrogens is 4. The molecule has 0 aliphatic carbocycles. The Morgan fingerprint density at radius 3 is 2.50 bits per heavy atom. The van der Waals surface area contributed by atoms with E-state index in [1.54, 1.807) is 17.7 Å². The quantitative estimate of drug-likeness (QED) is 0.198. The smallest absolute Gasteiger partial charge is 0.251 e. The van der Waals surface area contributed by atoms with E-state index in [4.69, 9.17) is 9.47 Å². The molecule has 13 nitrogen and oxygen atoms in total. The van der Waals surface area contributed by atoms with Crippen LogP contribution in [0, 0.1) is 0 Å². The molecule has 16 heteroatoms. The Bertz CT molecular complexity index is 1940. The molecule has 0 bridgehead atoms. The third-order valence-electron chi connectivity index (χ3n) is 7.03. The number of amides is 2. The van der Waals surface area contributed by atoms with Crippen LogP contribution >= 0.6 is 23.1 Å². The Hall–Kier alpha value is -4.35. The molecule has 1 aliphatic heterocycles. The van der Waals surface area contributed by atoms with Gasteiger partial charge in [-0.25, -0.2) is 13.4 Å². The van der Waals surface area contributed by atoms with Crippen molar-refractivity contribution in [3.05, 3.63) is 84.2 Å². The number of nitrogens with zero attached hydrogens (tertiary/aromatic N) is 5. The Kier molecular flexibility index (Phi) is 9.60. The summed E-state index contributed by atoms with van der Waals surface area (Å²) >= 11 is 2.57. The Morgan fingerprint density at radius 1 is 1.00 bits per heavy atom. The van der Waals surface area contributed by atoms with Crippen molar-refractivity contribution in [2.75, 3.05) is 44.5 Å². The SMILES string of the molecule is COc1ccccc1-n1c(CNC(=O)c2ccc(S(=O)(=O)N3CCOCC3)cc2)nnc1SCC(=O)Nc1nc2ccccc2s1. The van der Waals surface area contributed by atoms with E-state index in [0.717, 1.165) is 10.2 Å². The highest BCUT2D eigenvalue weighted by Gasteiger charge is 2.26. The van der Waals surface area contributed by atoms with Crippen LogP contribution in [0.4, 0.5) is 5.13 Å². The minimum absolute atomic E-state index is 0.00380. The van der Waals surface area contributed by atoms with E-state index in [1.165, 1.54) is 51.7 Å². The van der Waals surface area contributed by atoms with Crippen LogP contribution in [0.2, 0.25) is 0 Å². The van der Waals surface area contributed by atoms with Gasteiger partial charge in [0, 0.05) is 18.7 Å². The van der Waals surface area contributed by atoms with Gasteiger partial charge in [0.2, 0.25) is 15.9 Å². The second kappa shape index (κ2) is 14.0. The summed E-state index contributed by atoms with van der Waals surface area (Å²) in [4.78, 5) is 30.5. The minimum Gasteiger partial charge on any atom is -0.495 e. The molecule has 0 saturated carbocycles. The summed E-state index contributed by atoms with van der Waals surface area (Å²) < 4.78 is 40.8. The number of thiazole rings is 1. The van der Waals surface area contributed by atoms with Gasteiger partial charge in [-0.1, -0.05) is 47.4 Å². The zero-order valence-electron chi connectivity index (χ0n) is 24.6. The molecule has 2 N–H and O–H groups in total. The fourth-order valence-corrected chi connectivity index (χ4v) is 7.81. The van der Waals surface area contributed by atoms with Crippen molar-refractivity contribution < 1.29 is 27.5 Å². The number of carbonyl (C=O) groups is 2. The van der Waals surface area contributed by atoms with Crippen molar-refractivity contribution in [2.24, 2.45) is 0 Å². The number of ether oxygens (including phenoxy) is 2. The fourth-order valence-electron chi connectivity index (χ4n) is 4.75. The molecule has 46 heavy (non-hydrogen) atoms. The Balaban J connectivity index is 1.16. The molecule has 5 aromatic rings. The van der Waals surface area contributed by atoms with Crippen LogP contribution in [0.1, 0.15) is 16.2 Å². The summed E-state index contributed by atoms with van der Waals surface area (Å²) in [5.41, 5.74) is 1.73. The molecule has 3 heterocycles. The van der Waals surface area contributed by atoms with Gasteiger partial charge in [-0.2, -0.15) is 4.31 Å². The molecule has 0 spiro atoms. The summed E-state index contributed by atoms with van der Waals surface area (Å²) in [6.45, 7) is 1.25. The van der Waals surface area contributed by atoms with Gasteiger partial charge in [-0.15, -0.1) is 10.2 Å². The van der Waals surface area contributed by atoms with E-state index in [-0.39, 0.29) is 41.8 Å². The van der Waals surface area contributed by atoms with Gasteiger partial charge < -0.3 is 20.1 Å². The molecular formula is C30H29N7O6S3. The third-order valence-corrected chi connectivity index (χ3v) is 10.8. The number of sulfonamides is 1. The van der Waals surface area contributed by atoms with Gasteiger partial charge in [0.05, 0.1) is 53.4 Å². The number of benzene rings is 3. The second-order valence-electron chi connectivity index (χ2n) is 9.95. The summed E-state index contributed by atoms with van der Waals surface area (Å²) in [6, 6.07) is 20.7. The first-order valence-corrected chi connectivity index (χ1v) is 17.4. The van der Waals surface area contributed by atoms with Crippen molar-refractivity contribution in [3.8, 4) is 11.4 Å². The second-order valence-corrected chi connectivity index (χ2v) is 13.9. The van der Waals surface area contributed by atoms with Crippen molar-refractivity contribution in [1.29, 1.82) is 0 Å². The largest absolute Gasteiger partial charge is 0.495 e. The topological polar surface area (TPSA) is 158 Å².